The number of halogens is 2. The van der Waals surface area contributed by atoms with Crippen molar-refractivity contribution in [2.75, 3.05) is 12.9 Å². The molecule has 56 valence electrons. The second-order valence-electron chi connectivity index (χ2n) is 1.63. The van der Waals surface area contributed by atoms with Crippen LogP contribution in [-0.2, 0) is 0 Å². The first-order chi connectivity index (χ1) is 4.70. The number of hydrogen-bond acceptors (Lipinski definition) is 1. The third-order valence-electron chi connectivity index (χ3n) is 0.881. The minimum Gasteiger partial charge on any atom is -0.292 e. The van der Waals surface area contributed by atoms with Crippen LogP contribution in [-0.4, -0.2) is 18.6 Å². The molecule has 0 atom stereocenters. The Bertz CT molecular complexity index is 170. The van der Waals surface area contributed by atoms with E-state index < -0.39 is 0 Å². The van der Waals surface area contributed by atoms with Crippen molar-refractivity contribution < 1.29 is 0 Å². The molecule has 0 bridgehead atoms. The Hall–Kier alpha value is -0.270. The molecule has 0 saturated carbocycles. The third-order valence-corrected chi connectivity index (χ3v) is 1.28. The lowest BCUT2D eigenvalue weighted by atomic mass is 10.3. The number of hydrogen-bond donors (Lipinski definition) is 0. The molecule has 3 heteroatoms. The van der Waals surface area contributed by atoms with E-state index in [9.17, 15) is 0 Å². The van der Waals surface area contributed by atoms with Crippen molar-refractivity contribution in [1.29, 1.82) is 0 Å². The molecule has 0 spiro atoms. The van der Waals surface area contributed by atoms with E-state index in [0.29, 0.717) is 10.9 Å². The first-order valence-electron chi connectivity index (χ1n) is 2.74. The second-order valence-corrected chi connectivity index (χ2v) is 2.38. The molecule has 0 heterocycles. The molecule has 0 fully saturated rings. The van der Waals surface area contributed by atoms with Crippen LogP contribution in [0.5, 0.6) is 0 Å². The summed E-state index contributed by atoms with van der Waals surface area (Å²) in [6.07, 6.45) is 3.40. The van der Waals surface area contributed by atoms with Gasteiger partial charge in [0.15, 0.2) is 0 Å². The average Bonchev–Trinajstić information content (AvgIpc) is 1.90. The zero-order valence-corrected chi connectivity index (χ0v) is 7.28. The van der Waals surface area contributed by atoms with Gasteiger partial charge in [-0.1, -0.05) is 18.2 Å². The maximum atomic E-state index is 5.50. The SMILES string of the molecule is C=C(Cl)/C=C\C(CCl)=NC. The van der Waals surface area contributed by atoms with Crippen molar-refractivity contribution in [1.82, 2.24) is 0 Å². The quantitative estimate of drug-likeness (QED) is 0.358. The lowest BCUT2D eigenvalue weighted by molar-refractivity contribution is 1.43. The Morgan fingerprint density at radius 1 is 1.60 bits per heavy atom. The Morgan fingerprint density at radius 2 is 2.20 bits per heavy atom. The number of allylic oxidation sites excluding steroid dienone is 3. The highest BCUT2D eigenvalue weighted by Gasteiger charge is 1.87. The minimum absolute atomic E-state index is 0.400. The van der Waals surface area contributed by atoms with Crippen molar-refractivity contribution in [2.24, 2.45) is 4.99 Å². The van der Waals surface area contributed by atoms with Gasteiger partial charge >= 0.3 is 0 Å². The third kappa shape index (κ3) is 4.59. The largest absolute Gasteiger partial charge is 0.292 e. The smallest absolute Gasteiger partial charge is 0.0642 e. The molecule has 1 nitrogen and oxygen atoms in total. The molecule has 0 aliphatic carbocycles. The van der Waals surface area contributed by atoms with Gasteiger partial charge in [-0.05, 0) is 12.2 Å². The maximum Gasteiger partial charge on any atom is 0.0642 e. The van der Waals surface area contributed by atoms with Crippen LogP contribution in [0.25, 0.3) is 0 Å². The fourth-order valence-corrected chi connectivity index (χ4v) is 0.637. The van der Waals surface area contributed by atoms with Gasteiger partial charge in [0.1, 0.15) is 0 Å². The first kappa shape index (κ1) is 9.73. The van der Waals surface area contributed by atoms with Crippen molar-refractivity contribution >= 4 is 28.9 Å². The van der Waals surface area contributed by atoms with Gasteiger partial charge in [0, 0.05) is 17.8 Å². The summed E-state index contributed by atoms with van der Waals surface area (Å²) < 4.78 is 0. The van der Waals surface area contributed by atoms with Crippen molar-refractivity contribution in [2.45, 2.75) is 0 Å². The standard InChI is InChI=1S/C7H9Cl2N/c1-6(9)3-4-7(5-8)10-2/h3-4H,1,5H2,2H3/b4-3-,10-7?. The molecule has 0 rings (SSSR count). The van der Waals surface area contributed by atoms with Gasteiger partial charge in [-0.15, -0.1) is 11.6 Å². The van der Waals surface area contributed by atoms with Crippen LogP contribution < -0.4 is 0 Å². The molecular weight excluding hydrogens is 169 g/mol. The Labute approximate surface area is 71.1 Å². The van der Waals surface area contributed by atoms with E-state index in [-0.39, 0.29) is 0 Å². The number of rotatable bonds is 3. The highest BCUT2D eigenvalue weighted by Crippen LogP contribution is 1.98. The Kier molecular flexibility index (Phi) is 5.36. The lowest BCUT2D eigenvalue weighted by Crippen LogP contribution is -1.93. The summed E-state index contributed by atoms with van der Waals surface area (Å²) in [6.45, 7) is 3.48. The molecule has 0 N–H and O–H groups in total. The summed E-state index contributed by atoms with van der Waals surface area (Å²) in [7, 11) is 1.68. The molecule has 0 aromatic heterocycles. The number of nitrogens with zero attached hydrogens (tertiary/aromatic N) is 1. The molecule has 0 unspecified atom stereocenters. The van der Waals surface area contributed by atoms with Gasteiger partial charge < -0.3 is 0 Å². The van der Waals surface area contributed by atoms with Crippen molar-refractivity contribution in [3.63, 3.8) is 0 Å². The fourth-order valence-electron chi connectivity index (χ4n) is 0.365. The summed E-state index contributed by atoms with van der Waals surface area (Å²) in [5, 5.41) is 0.478. The predicted octanol–water partition coefficient (Wildman–Crippen LogP) is 2.60. The van der Waals surface area contributed by atoms with E-state index in [1.165, 1.54) is 0 Å². The molecule has 0 aromatic rings. The highest BCUT2D eigenvalue weighted by molar-refractivity contribution is 6.32. The van der Waals surface area contributed by atoms with E-state index >= 15 is 0 Å². The minimum atomic E-state index is 0.400. The van der Waals surface area contributed by atoms with Gasteiger partial charge in [0.2, 0.25) is 0 Å². The molecule has 0 aliphatic rings. The van der Waals surface area contributed by atoms with E-state index in [2.05, 4.69) is 11.6 Å². The van der Waals surface area contributed by atoms with E-state index in [1.807, 2.05) is 0 Å². The van der Waals surface area contributed by atoms with Gasteiger partial charge in [-0.3, -0.25) is 4.99 Å². The molecular formula is C7H9Cl2N. The average molecular weight is 178 g/mol. The maximum absolute atomic E-state index is 5.50. The van der Waals surface area contributed by atoms with Crippen LogP contribution in [0, 0.1) is 0 Å². The monoisotopic (exact) mass is 177 g/mol. The van der Waals surface area contributed by atoms with Crippen molar-refractivity contribution in [3.05, 3.63) is 23.8 Å². The molecule has 0 aliphatic heterocycles. The first-order valence-corrected chi connectivity index (χ1v) is 3.66. The highest BCUT2D eigenvalue weighted by atomic mass is 35.5. The number of aliphatic imine (C=N–C) groups is 1. The van der Waals surface area contributed by atoms with Crippen LogP contribution >= 0.6 is 23.2 Å². The molecule has 0 radical (unpaired) electrons. The summed E-state index contributed by atoms with van der Waals surface area (Å²) in [4.78, 5) is 3.88. The van der Waals surface area contributed by atoms with Crippen molar-refractivity contribution in [3.8, 4) is 0 Å². The normalized spacial score (nSPS) is 12.5. The zero-order valence-electron chi connectivity index (χ0n) is 5.77. The lowest BCUT2D eigenvalue weighted by Gasteiger charge is -1.89. The van der Waals surface area contributed by atoms with Crippen LogP contribution in [0.3, 0.4) is 0 Å². The Balaban J connectivity index is 3.98. The van der Waals surface area contributed by atoms with E-state index in [0.717, 1.165) is 5.71 Å². The summed E-state index contributed by atoms with van der Waals surface area (Å²) >= 11 is 11.0. The van der Waals surface area contributed by atoms with Crippen LogP contribution in [0.2, 0.25) is 0 Å². The van der Waals surface area contributed by atoms with E-state index in [1.54, 1.807) is 19.2 Å². The van der Waals surface area contributed by atoms with E-state index in [4.69, 9.17) is 23.2 Å². The Morgan fingerprint density at radius 3 is 2.50 bits per heavy atom. The van der Waals surface area contributed by atoms with Gasteiger partial charge in [0.25, 0.3) is 0 Å². The molecule has 0 saturated heterocycles. The molecule has 0 aromatic carbocycles. The topological polar surface area (TPSA) is 12.4 Å². The predicted molar refractivity (Wildman–Crippen MR) is 48.2 cm³/mol. The second kappa shape index (κ2) is 5.51. The van der Waals surface area contributed by atoms with Gasteiger partial charge in [-0.25, -0.2) is 0 Å². The van der Waals surface area contributed by atoms with Crippen LogP contribution in [0.1, 0.15) is 0 Å². The summed E-state index contributed by atoms with van der Waals surface area (Å²) in [6, 6.07) is 0. The van der Waals surface area contributed by atoms with Crippen LogP contribution in [0.15, 0.2) is 28.8 Å². The molecule has 10 heavy (non-hydrogen) atoms. The number of alkyl halides is 1. The summed E-state index contributed by atoms with van der Waals surface area (Å²) in [5.41, 5.74) is 0.795. The summed E-state index contributed by atoms with van der Waals surface area (Å²) in [5.74, 6) is 0.400. The fraction of sp³-hybridized carbons (Fsp3) is 0.286. The van der Waals surface area contributed by atoms with Crippen LogP contribution in [0.4, 0.5) is 0 Å². The zero-order chi connectivity index (χ0) is 7.98. The van der Waals surface area contributed by atoms with Gasteiger partial charge in [-0.2, -0.15) is 0 Å². The molecule has 0 amide bonds. The van der Waals surface area contributed by atoms with Gasteiger partial charge in [0.05, 0.1) is 5.88 Å².